The maximum Gasteiger partial charge on any atom is 0.296 e. The first-order chi connectivity index (χ1) is 11.1. The first kappa shape index (κ1) is 12.3. The minimum atomic E-state index is -1.21. The SMILES string of the molecule is [2H]C1(C2CCCC2)NOc2c1nc(-c1ccc(F)cc1)[nH]c2=O. The minimum absolute atomic E-state index is 0.0535. The third-order valence-corrected chi connectivity index (χ3v) is 4.28. The molecule has 1 fully saturated rings. The highest BCUT2D eigenvalue weighted by Crippen LogP contribution is 2.40. The molecule has 0 saturated heterocycles. The number of nitrogens with zero attached hydrogens (tertiary/aromatic N) is 1. The predicted octanol–water partition coefficient (Wildman–Crippen LogP) is 2.70. The Kier molecular flexibility index (Phi) is 2.92. The number of hydroxylamine groups is 1. The quantitative estimate of drug-likeness (QED) is 0.895. The molecule has 6 heteroatoms. The standard InChI is InChI=1S/C16H16FN3O2/c17-11-7-5-10(6-8-11)15-18-13-12(9-3-1-2-4-9)20-22-14(13)16(21)19-15/h5-9,12,20H,1-4H2,(H,18,19,21)/i12D. The largest absolute Gasteiger partial charge is 0.400 e. The van der Waals surface area contributed by atoms with Crippen LogP contribution in [-0.2, 0) is 0 Å². The topological polar surface area (TPSA) is 67.0 Å². The van der Waals surface area contributed by atoms with E-state index in [1.54, 1.807) is 12.1 Å². The number of rotatable bonds is 2. The van der Waals surface area contributed by atoms with E-state index in [1.807, 2.05) is 0 Å². The normalized spacial score (nSPS) is 24.9. The van der Waals surface area contributed by atoms with E-state index >= 15 is 0 Å². The third kappa shape index (κ3) is 2.20. The van der Waals surface area contributed by atoms with Gasteiger partial charge in [-0.25, -0.2) is 9.37 Å². The summed E-state index contributed by atoms with van der Waals surface area (Å²) in [6, 6.07) is 4.49. The Balaban J connectivity index is 1.82. The molecular formula is C16H16FN3O2. The van der Waals surface area contributed by atoms with Crippen molar-refractivity contribution in [3.05, 3.63) is 46.1 Å². The number of nitrogens with one attached hydrogen (secondary N) is 2. The lowest BCUT2D eigenvalue weighted by Gasteiger charge is -2.16. The van der Waals surface area contributed by atoms with E-state index in [9.17, 15) is 9.18 Å². The van der Waals surface area contributed by atoms with Crippen molar-refractivity contribution in [3.8, 4) is 17.1 Å². The Morgan fingerprint density at radius 2 is 2.00 bits per heavy atom. The van der Waals surface area contributed by atoms with E-state index in [0.717, 1.165) is 25.7 Å². The molecule has 4 rings (SSSR count). The van der Waals surface area contributed by atoms with E-state index in [1.165, 1.54) is 12.1 Å². The molecule has 22 heavy (non-hydrogen) atoms. The molecule has 1 aliphatic heterocycles. The van der Waals surface area contributed by atoms with Gasteiger partial charge in [0.1, 0.15) is 17.3 Å². The zero-order valence-electron chi connectivity index (χ0n) is 12.9. The van der Waals surface area contributed by atoms with Gasteiger partial charge in [-0.1, -0.05) is 12.8 Å². The van der Waals surface area contributed by atoms with Crippen molar-refractivity contribution in [3.63, 3.8) is 0 Å². The lowest BCUT2D eigenvalue weighted by Crippen LogP contribution is -2.23. The third-order valence-electron chi connectivity index (χ3n) is 4.28. The number of H-pyrrole nitrogens is 1. The summed E-state index contributed by atoms with van der Waals surface area (Å²) in [6.45, 7) is 0. The van der Waals surface area contributed by atoms with Crippen LogP contribution in [0.2, 0.25) is 0 Å². The molecule has 1 aromatic heterocycles. The molecular weight excluding hydrogens is 285 g/mol. The van der Waals surface area contributed by atoms with Crippen molar-refractivity contribution in [2.75, 3.05) is 0 Å². The van der Waals surface area contributed by atoms with Gasteiger partial charge < -0.3 is 9.82 Å². The van der Waals surface area contributed by atoms with Crippen LogP contribution >= 0.6 is 0 Å². The molecule has 1 aromatic carbocycles. The van der Waals surface area contributed by atoms with Gasteiger partial charge in [0.25, 0.3) is 5.56 Å². The van der Waals surface area contributed by atoms with Gasteiger partial charge in [-0.15, -0.1) is 5.48 Å². The number of fused-ring (bicyclic) bond motifs is 1. The smallest absolute Gasteiger partial charge is 0.296 e. The molecule has 2 aromatic rings. The summed E-state index contributed by atoms with van der Waals surface area (Å²) in [5, 5.41) is 0. The van der Waals surface area contributed by atoms with Crippen LogP contribution in [0.1, 0.15) is 38.8 Å². The Morgan fingerprint density at radius 1 is 1.27 bits per heavy atom. The number of aromatic amines is 1. The van der Waals surface area contributed by atoms with Crippen molar-refractivity contribution < 1.29 is 10.6 Å². The molecule has 1 unspecified atom stereocenters. The number of hydrogen-bond donors (Lipinski definition) is 2. The molecule has 0 radical (unpaired) electrons. The van der Waals surface area contributed by atoms with Crippen LogP contribution in [0.3, 0.4) is 0 Å². The molecule has 1 atom stereocenters. The summed E-state index contributed by atoms with van der Waals surface area (Å²) in [5.41, 5.74) is 3.16. The van der Waals surface area contributed by atoms with Crippen molar-refractivity contribution in [2.45, 2.75) is 31.7 Å². The molecule has 0 amide bonds. The molecule has 114 valence electrons. The highest BCUT2D eigenvalue weighted by atomic mass is 19.1. The Morgan fingerprint density at radius 3 is 2.73 bits per heavy atom. The van der Waals surface area contributed by atoms with Gasteiger partial charge in [-0.2, -0.15) is 0 Å². The highest BCUT2D eigenvalue weighted by molar-refractivity contribution is 5.55. The van der Waals surface area contributed by atoms with Crippen LogP contribution < -0.4 is 15.9 Å². The van der Waals surface area contributed by atoms with E-state index in [4.69, 9.17) is 6.21 Å². The van der Waals surface area contributed by atoms with E-state index in [2.05, 4.69) is 15.4 Å². The van der Waals surface area contributed by atoms with Gasteiger partial charge in [-0.05, 0) is 43.0 Å². The summed E-state index contributed by atoms with van der Waals surface area (Å²) in [6.07, 6.45) is 3.94. The molecule has 2 heterocycles. The second-order valence-corrected chi connectivity index (χ2v) is 5.70. The Bertz CT molecular complexity index is 802. The summed E-state index contributed by atoms with van der Waals surface area (Å²) in [4.78, 5) is 24.6. The number of aromatic nitrogens is 2. The van der Waals surface area contributed by atoms with Crippen molar-refractivity contribution in [1.29, 1.82) is 0 Å². The van der Waals surface area contributed by atoms with E-state index in [0.29, 0.717) is 17.1 Å². The first-order valence-electron chi connectivity index (χ1n) is 7.93. The molecule has 2 aliphatic rings. The fourth-order valence-corrected chi connectivity index (χ4v) is 3.13. The van der Waals surface area contributed by atoms with Gasteiger partial charge in [0.2, 0.25) is 5.75 Å². The van der Waals surface area contributed by atoms with Crippen LogP contribution in [0, 0.1) is 11.7 Å². The average molecular weight is 302 g/mol. The van der Waals surface area contributed by atoms with Crippen LogP contribution in [0.4, 0.5) is 4.39 Å². The first-order valence-corrected chi connectivity index (χ1v) is 7.43. The minimum Gasteiger partial charge on any atom is -0.400 e. The zero-order valence-corrected chi connectivity index (χ0v) is 11.9. The van der Waals surface area contributed by atoms with Gasteiger partial charge in [0.05, 0.1) is 7.39 Å². The molecule has 1 saturated carbocycles. The van der Waals surface area contributed by atoms with Crippen LogP contribution in [0.5, 0.6) is 5.75 Å². The Hall–Kier alpha value is -2.21. The summed E-state index contributed by atoms with van der Waals surface area (Å²) < 4.78 is 21.8. The average Bonchev–Trinajstić information content (AvgIpc) is 3.18. The second kappa shape index (κ2) is 5.21. The fourth-order valence-electron chi connectivity index (χ4n) is 3.13. The van der Waals surface area contributed by atoms with E-state index < -0.39 is 11.6 Å². The number of hydrogen-bond acceptors (Lipinski definition) is 4. The number of benzene rings is 1. The summed E-state index contributed by atoms with van der Waals surface area (Å²) in [7, 11) is 0. The van der Waals surface area contributed by atoms with Crippen LogP contribution in [-0.4, -0.2) is 9.97 Å². The maximum absolute atomic E-state index is 13.1. The van der Waals surface area contributed by atoms with Crippen molar-refractivity contribution in [1.82, 2.24) is 15.4 Å². The monoisotopic (exact) mass is 302 g/mol. The van der Waals surface area contributed by atoms with Gasteiger partial charge in [0.15, 0.2) is 0 Å². The van der Waals surface area contributed by atoms with Gasteiger partial charge in [0, 0.05) is 5.56 Å². The molecule has 2 N–H and O–H groups in total. The lowest BCUT2D eigenvalue weighted by atomic mass is 9.96. The van der Waals surface area contributed by atoms with Gasteiger partial charge >= 0.3 is 0 Å². The maximum atomic E-state index is 13.1. The summed E-state index contributed by atoms with van der Waals surface area (Å²) >= 11 is 0. The van der Waals surface area contributed by atoms with E-state index in [-0.39, 0.29) is 17.5 Å². The fraction of sp³-hybridized carbons (Fsp3) is 0.375. The molecule has 5 nitrogen and oxygen atoms in total. The Labute approximate surface area is 127 Å². The van der Waals surface area contributed by atoms with Crippen LogP contribution in [0.15, 0.2) is 29.1 Å². The lowest BCUT2D eigenvalue weighted by molar-refractivity contribution is 0.161. The summed E-state index contributed by atoms with van der Waals surface area (Å²) in [5.74, 6) is 0.0654. The predicted molar refractivity (Wildman–Crippen MR) is 78.7 cm³/mol. The van der Waals surface area contributed by atoms with Gasteiger partial charge in [-0.3, -0.25) is 4.79 Å². The molecule has 1 aliphatic carbocycles. The highest BCUT2D eigenvalue weighted by Gasteiger charge is 2.36. The zero-order chi connectivity index (χ0) is 16.0. The van der Waals surface area contributed by atoms with Crippen LogP contribution in [0.25, 0.3) is 11.4 Å². The molecule has 0 bridgehead atoms. The van der Waals surface area contributed by atoms with Crippen molar-refractivity contribution in [2.24, 2.45) is 5.92 Å². The van der Waals surface area contributed by atoms with Crippen molar-refractivity contribution >= 4 is 0 Å². The number of halogens is 1. The molecule has 0 spiro atoms. The second-order valence-electron chi connectivity index (χ2n) is 5.70.